The lowest BCUT2D eigenvalue weighted by molar-refractivity contribution is 0.0198. The maximum atomic E-state index is 11.1. The Kier molecular flexibility index (Phi) is 3.20. The number of aliphatic hydroxyl groups is 2. The van der Waals surface area contributed by atoms with Crippen LogP contribution < -0.4 is 5.73 Å². The second kappa shape index (κ2) is 3.90. The van der Waals surface area contributed by atoms with Crippen molar-refractivity contribution in [2.24, 2.45) is 5.73 Å². The highest BCUT2D eigenvalue weighted by Gasteiger charge is 2.53. The van der Waals surface area contributed by atoms with Crippen LogP contribution in [0, 0.1) is 0 Å². The van der Waals surface area contributed by atoms with Crippen molar-refractivity contribution in [1.29, 1.82) is 0 Å². The highest BCUT2D eigenvalue weighted by atomic mass is 35.5. The lowest BCUT2D eigenvalue weighted by Crippen LogP contribution is -2.43. The molecule has 0 unspecified atom stereocenters. The molecule has 2 rings (SSSR count). The molecule has 0 aromatic carbocycles. The molecule has 4 atom stereocenters. The molecule has 2 aliphatic heterocycles. The van der Waals surface area contributed by atoms with E-state index in [4.69, 9.17) is 10.5 Å². The number of nitrogens with two attached hydrogens (primary N) is 1. The minimum atomic E-state index is -0.956. The third kappa shape index (κ3) is 1.35. The summed E-state index contributed by atoms with van der Waals surface area (Å²) >= 11 is 0. The van der Waals surface area contributed by atoms with Crippen molar-refractivity contribution in [2.75, 3.05) is 13.2 Å². The molecule has 2 aliphatic rings. The van der Waals surface area contributed by atoms with Crippen LogP contribution in [0.1, 0.15) is 0 Å². The van der Waals surface area contributed by atoms with E-state index in [0.717, 1.165) is 0 Å². The molecule has 14 heavy (non-hydrogen) atoms. The quantitative estimate of drug-likeness (QED) is 0.493. The van der Waals surface area contributed by atoms with Gasteiger partial charge in [-0.3, -0.25) is 4.90 Å². The summed E-state index contributed by atoms with van der Waals surface area (Å²) < 4.78 is 4.73. The highest BCUT2D eigenvalue weighted by Crippen LogP contribution is 2.29. The maximum Gasteiger partial charge on any atom is 0.410 e. The molecule has 2 saturated heterocycles. The van der Waals surface area contributed by atoms with E-state index < -0.39 is 30.4 Å². The third-order valence-electron chi connectivity index (χ3n) is 2.68. The standard InChI is InChI=1S/C7H12N2O4.ClH/c8-1-3-5(10)6(11)4-2-13-7(12)9(3)4;/h3-6,10-11H,1-2,8H2;1H/t3-,4-,5-,6+;/m0./s1. The lowest BCUT2D eigenvalue weighted by Gasteiger charge is -2.20. The van der Waals surface area contributed by atoms with E-state index >= 15 is 0 Å². The first-order valence-corrected chi connectivity index (χ1v) is 4.18. The Labute approximate surface area is 87.0 Å². The summed E-state index contributed by atoms with van der Waals surface area (Å²) in [6.07, 6.45) is -2.40. The Hall–Kier alpha value is -0.560. The number of ether oxygens (including phenoxy) is 1. The molecule has 0 bridgehead atoms. The van der Waals surface area contributed by atoms with Crippen molar-refractivity contribution >= 4 is 18.5 Å². The molecule has 4 N–H and O–H groups in total. The van der Waals surface area contributed by atoms with Gasteiger partial charge < -0.3 is 20.7 Å². The van der Waals surface area contributed by atoms with Crippen molar-refractivity contribution in [3.63, 3.8) is 0 Å². The topological polar surface area (TPSA) is 96.0 Å². The molecular formula is C7H13ClN2O4. The number of rotatable bonds is 1. The Morgan fingerprint density at radius 1 is 1.50 bits per heavy atom. The summed E-state index contributed by atoms with van der Waals surface area (Å²) in [6, 6.07) is -0.953. The molecule has 0 aromatic heterocycles. The SMILES string of the molecule is Cl.NC[C@H]1[C@H](O)[C@H](O)[C@@H]2COC(=O)N12. The van der Waals surface area contributed by atoms with E-state index in [2.05, 4.69) is 0 Å². The van der Waals surface area contributed by atoms with Gasteiger partial charge in [-0.1, -0.05) is 0 Å². The van der Waals surface area contributed by atoms with E-state index in [1.807, 2.05) is 0 Å². The number of nitrogens with zero attached hydrogens (tertiary/aromatic N) is 1. The summed E-state index contributed by atoms with van der Waals surface area (Å²) in [4.78, 5) is 12.5. The second-order valence-electron chi connectivity index (χ2n) is 3.34. The number of fused-ring (bicyclic) bond motifs is 1. The van der Waals surface area contributed by atoms with Gasteiger partial charge in [0, 0.05) is 6.54 Å². The number of carbonyl (C=O) groups is 1. The molecule has 0 radical (unpaired) electrons. The number of amides is 1. The van der Waals surface area contributed by atoms with Crippen LogP contribution in [0.2, 0.25) is 0 Å². The van der Waals surface area contributed by atoms with Crippen LogP contribution in [0.3, 0.4) is 0 Å². The number of hydrogen-bond donors (Lipinski definition) is 3. The summed E-state index contributed by atoms with van der Waals surface area (Å²) in [5, 5.41) is 19.0. The molecule has 0 aliphatic carbocycles. The first-order chi connectivity index (χ1) is 6.16. The lowest BCUT2D eigenvalue weighted by atomic mass is 10.1. The molecule has 0 aromatic rings. The van der Waals surface area contributed by atoms with Crippen molar-refractivity contribution in [2.45, 2.75) is 24.3 Å². The predicted octanol–water partition coefficient (Wildman–Crippen LogP) is -1.71. The molecule has 1 amide bonds. The van der Waals surface area contributed by atoms with E-state index in [1.165, 1.54) is 4.90 Å². The Morgan fingerprint density at radius 3 is 2.71 bits per heavy atom. The van der Waals surface area contributed by atoms with E-state index in [9.17, 15) is 15.0 Å². The first-order valence-electron chi connectivity index (χ1n) is 4.18. The first kappa shape index (κ1) is 11.5. The van der Waals surface area contributed by atoms with Crippen LogP contribution >= 0.6 is 12.4 Å². The van der Waals surface area contributed by atoms with Gasteiger partial charge in [-0.05, 0) is 0 Å². The average Bonchev–Trinajstić information content (AvgIpc) is 2.58. The van der Waals surface area contributed by atoms with Gasteiger partial charge in [0.15, 0.2) is 0 Å². The van der Waals surface area contributed by atoms with Gasteiger partial charge in [-0.25, -0.2) is 4.79 Å². The predicted molar refractivity (Wildman–Crippen MR) is 49.1 cm³/mol. The minimum absolute atomic E-state index is 0. The molecule has 2 heterocycles. The van der Waals surface area contributed by atoms with Crippen molar-refractivity contribution in [1.82, 2.24) is 4.90 Å². The van der Waals surface area contributed by atoms with Crippen LogP contribution in [0.15, 0.2) is 0 Å². The van der Waals surface area contributed by atoms with Crippen molar-refractivity contribution in [3.05, 3.63) is 0 Å². The number of cyclic esters (lactones) is 1. The zero-order valence-electron chi connectivity index (χ0n) is 7.37. The number of aliphatic hydroxyl groups excluding tert-OH is 2. The third-order valence-corrected chi connectivity index (χ3v) is 2.68. The van der Waals surface area contributed by atoms with Crippen molar-refractivity contribution < 1.29 is 19.7 Å². The van der Waals surface area contributed by atoms with Crippen LogP contribution in [-0.2, 0) is 4.74 Å². The Morgan fingerprint density at radius 2 is 2.14 bits per heavy atom. The van der Waals surface area contributed by atoms with Crippen LogP contribution in [0.25, 0.3) is 0 Å². The maximum absolute atomic E-state index is 11.1. The molecule has 0 spiro atoms. The van der Waals surface area contributed by atoms with Gasteiger partial charge in [0.25, 0.3) is 0 Å². The fourth-order valence-electron chi connectivity index (χ4n) is 1.96. The summed E-state index contributed by atoms with van der Waals surface area (Å²) in [7, 11) is 0. The molecule has 82 valence electrons. The summed E-state index contributed by atoms with van der Waals surface area (Å²) in [6.45, 7) is 0.261. The van der Waals surface area contributed by atoms with Gasteiger partial charge in [-0.2, -0.15) is 0 Å². The summed E-state index contributed by atoms with van der Waals surface area (Å²) in [5.74, 6) is 0. The minimum Gasteiger partial charge on any atom is -0.447 e. The molecule has 7 heteroatoms. The van der Waals surface area contributed by atoms with Gasteiger partial charge >= 0.3 is 6.09 Å². The largest absolute Gasteiger partial charge is 0.447 e. The van der Waals surface area contributed by atoms with Crippen LogP contribution in [0.5, 0.6) is 0 Å². The normalized spacial score (nSPS) is 40.5. The zero-order chi connectivity index (χ0) is 9.59. The van der Waals surface area contributed by atoms with E-state index in [-0.39, 0.29) is 25.6 Å². The zero-order valence-corrected chi connectivity index (χ0v) is 8.18. The smallest absolute Gasteiger partial charge is 0.410 e. The Bertz CT molecular complexity index is 238. The van der Waals surface area contributed by atoms with Crippen LogP contribution in [0.4, 0.5) is 4.79 Å². The fourth-order valence-corrected chi connectivity index (χ4v) is 1.96. The second-order valence-corrected chi connectivity index (χ2v) is 3.34. The highest BCUT2D eigenvalue weighted by molar-refractivity contribution is 5.85. The molecular weight excluding hydrogens is 212 g/mol. The number of carbonyl (C=O) groups excluding carboxylic acids is 1. The molecule has 0 saturated carbocycles. The van der Waals surface area contributed by atoms with Gasteiger partial charge in [0.2, 0.25) is 0 Å². The number of hydrogen-bond acceptors (Lipinski definition) is 5. The fraction of sp³-hybridized carbons (Fsp3) is 0.857. The van der Waals surface area contributed by atoms with Gasteiger partial charge in [-0.15, -0.1) is 12.4 Å². The van der Waals surface area contributed by atoms with E-state index in [1.54, 1.807) is 0 Å². The average molecular weight is 225 g/mol. The van der Waals surface area contributed by atoms with E-state index in [0.29, 0.717) is 0 Å². The van der Waals surface area contributed by atoms with Crippen molar-refractivity contribution in [3.8, 4) is 0 Å². The molecule has 2 fully saturated rings. The monoisotopic (exact) mass is 224 g/mol. The number of halogens is 1. The molecule has 6 nitrogen and oxygen atoms in total. The van der Waals surface area contributed by atoms with Crippen LogP contribution in [-0.4, -0.2) is 58.6 Å². The van der Waals surface area contributed by atoms with Gasteiger partial charge in [0.1, 0.15) is 18.8 Å². The Balaban J connectivity index is 0.000000980. The summed E-state index contributed by atoms with van der Waals surface area (Å²) in [5.41, 5.74) is 5.38. The van der Waals surface area contributed by atoms with Gasteiger partial charge in [0.05, 0.1) is 12.1 Å².